The van der Waals surface area contributed by atoms with Crippen molar-refractivity contribution in [1.82, 2.24) is 0 Å². The summed E-state index contributed by atoms with van der Waals surface area (Å²) in [5, 5.41) is 0. The van der Waals surface area contributed by atoms with Gasteiger partial charge >= 0.3 is 0 Å². The molecular formula is C18H20O2. The SMILES string of the molecule is COC(C)(C(=O)c1ccc(C)cc1)c1ccc(C)cc1. The number of hydrogen-bond acceptors (Lipinski definition) is 2. The van der Waals surface area contributed by atoms with E-state index in [9.17, 15) is 4.79 Å². The third kappa shape index (κ3) is 2.66. The van der Waals surface area contributed by atoms with Gasteiger partial charge < -0.3 is 4.74 Å². The van der Waals surface area contributed by atoms with Crippen LogP contribution in [0.4, 0.5) is 0 Å². The monoisotopic (exact) mass is 268 g/mol. The van der Waals surface area contributed by atoms with Crippen molar-refractivity contribution in [3.05, 3.63) is 70.8 Å². The van der Waals surface area contributed by atoms with Crippen LogP contribution in [0.1, 0.15) is 34.0 Å². The molecule has 2 heteroatoms. The normalized spacial score (nSPS) is 13.8. The molecule has 0 radical (unpaired) electrons. The summed E-state index contributed by atoms with van der Waals surface area (Å²) in [5.74, 6) is -0.0242. The molecule has 104 valence electrons. The molecule has 0 heterocycles. The van der Waals surface area contributed by atoms with Crippen molar-refractivity contribution in [2.45, 2.75) is 26.4 Å². The number of benzene rings is 2. The number of methoxy groups -OCH3 is 1. The van der Waals surface area contributed by atoms with Crippen molar-refractivity contribution in [3.63, 3.8) is 0 Å². The number of ether oxygens (including phenoxy) is 1. The lowest BCUT2D eigenvalue weighted by Crippen LogP contribution is -2.34. The first kappa shape index (κ1) is 14.5. The average Bonchev–Trinajstić information content (AvgIpc) is 2.47. The smallest absolute Gasteiger partial charge is 0.198 e. The largest absolute Gasteiger partial charge is 0.366 e. The van der Waals surface area contributed by atoms with Gasteiger partial charge in [0, 0.05) is 12.7 Å². The van der Waals surface area contributed by atoms with Gasteiger partial charge in [0.25, 0.3) is 0 Å². The van der Waals surface area contributed by atoms with E-state index in [1.165, 1.54) is 0 Å². The Bertz CT molecular complexity index is 596. The van der Waals surface area contributed by atoms with E-state index in [2.05, 4.69) is 0 Å². The van der Waals surface area contributed by atoms with E-state index >= 15 is 0 Å². The predicted octanol–water partition coefficient (Wildman–Crippen LogP) is 4.05. The molecule has 0 spiro atoms. The topological polar surface area (TPSA) is 26.3 Å². The third-order valence-corrected chi connectivity index (χ3v) is 3.76. The van der Waals surface area contributed by atoms with Crippen LogP contribution in [0.15, 0.2) is 48.5 Å². The number of carbonyl (C=O) groups is 1. The van der Waals surface area contributed by atoms with Gasteiger partial charge in [-0.15, -0.1) is 0 Å². The Labute approximate surface area is 120 Å². The highest BCUT2D eigenvalue weighted by Gasteiger charge is 2.35. The van der Waals surface area contributed by atoms with Gasteiger partial charge in [-0.25, -0.2) is 0 Å². The first-order valence-electron chi connectivity index (χ1n) is 6.71. The van der Waals surface area contributed by atoms with Crippen molar-refractivity contribution in [3.8, 4) is 0 Å². The van der Waals surface area contributed by atoms with E-state index in [1.54, 1.807) is 7.11 Å². The maximum absolute atomic E-state index is 12.8. The minimum absolute atomic E-state index is 0.0242. The molecule has 0 aliphatic rings. The lowest BCUT2D eigenvalue weighted by molar-refractivity contribution is 0.0101. The number of Topliss-reactive ketones (excluding diaryl/α,β-unsaturated/α-hetero) is 1. The number of hydrogen-bond donors (Lipinski definition) is 0. The summed E-state index contributed by atoms with van der Waals surface area (Å²) in [5.41, 5.74) is 2.88. The molecule has 2 aromatic carbocycles. The van der Waals surface area contributed by atoms with Crippen LogP contribution in [0.25, 0.3) is 0 Å². The standard InChI is InChI=1S/C18H20O2/c1-13-5-9-15(10-6-13)17(19)18(3,20-4)16-11-7-14(2)8-12-16/h5-12H,1-4H3. The first-order chi connectivity index (χ1) is 9.47. The quantitative estimate of drug-likeness (QED) is 0.782. The van der Waals surface area contributed by atoms with Gasteiger partial charge in [-0.3, -0.25) is 4.79 Å². The van der Waals surface area contributed by atoms with Crippen molar-refractivity contribution < 1.29 is 9.53 Å². The Balaban J connectivity index is 2.42. The molecule has 0 aliphatic carbocycles. The number of ketones is 1. The highest BCUT2D eigenvalue weighted by molar-refractivity contribution is 6.02. The van der Waals surface area contributed by atoms with E-state index in [0.717, 1.165) is 16.7 Å². The second kappa shape index (κ2) is 5.59. The lowest BCUT2D eigenvalue weighted by Gasteiger charge is -2.27. The third-order valence-electron chi connectivity index (χ3n) is 3.76. The van der Waals surface area contributed by atoms with E-state index < -0.39 is 5.60 Å². The fourth-order valence-electron chi connectivity index (χ4n) is 2.19. The zero-order valence-electron chi connectivity index (χ0n) is 12.4. The predicted molar refractivity (Wildman–Crippen MR) is 81.0 cm³/mol. The molecule has 2 aromatic rings. The second-order valence-electron chi connectivity index (χ2n) is 5.30. The van der Waals surface area contributed by atoms with Gasteiger partial charge in [0.1, 0.15) is 0 Å². The van der Waals surface area contributed by atoms with Crippen molar-refractivity contribution >= 4 is 5.78 Å². The molecule has 0 aromatic heterocycles. The molecular weight excluding hydrogens is 248 g/mol. The maximum Gasteiger partial charge on any atom is 0.198 e. The molecule has 0 N–H and O–H groups in total. The minimum atomic E-state index is -0.955. The van der Waals surface area contributed by atoms with Gasteiger partial charge in [-0.1, -0.05) is 59.7 Å². The fourth-order valence-corrected chi connectivity index (χ4v) is 2.19. The van der Waals surface area contributed by atoms with Crippen LogP contribution in [0.3, 0.4) is 0 Å². The number of rotatable bonds is 4. The van der Waals surface area contributed by atoms with Gasteiger partial charge in [-0.05, 0) is 26.3 Å². The van der Waals surface area contributed by atoms with E-state index in [0.29, 0.717) is 5.56 Å². The van der Waals surface area contributed by atoms with Gasteiger partial charge in [0.2, 0.25) is 0 Å². The molecule has 20 heavy (non-hydrogen) atoms. The minimum Gasteiger partial charge on any atom is -0.366 e. The fraction of sp³-hybridized carbons (Fsp3) is 0.278. The molecule has 0 bridgehead atoms. The summed E-state index contributed by atoms with van der Waals surface area (Å²) in [6, 6.07) is 15.5. The van der Waals surface area contributed by atoms with E-state index in [4.69, 9.17) is 4.74 Å². The molecule has 0 fully saturated rings. The lowest BCUT2D eigenvalue weighted by atomic mass is 9.87. The number of aryl methyl sites for hydroxylation is 2. The molecule has 0 saturated carbocycles. The Morgan fingerprint density at radius 3 is 1.80 bits per heavy atom. The molecule has 1 atom stereocenters. The van der Waals surface area contributed by atoms with Gasteiger partial charge in [-0.2, -0.15) is 0 Å². The van der Waals surface area contributed by atoms with Crippen LogP contribution < -0.4 is 0 Å². The summed E-state index contributed by atoms with van der Waals surface area (Å²) >= 11 is 0. The van der Waals surface area contributed by atoms with Crippen LogP contribution in [-0.4, -0.2) is 12.9 Å². The molecule has 0 saturated heterocycles. The van der Waals surface area contributed by atoms with Crippen molar-refractivity contribution in [2.75, 3.05) is 7.11 Å². The summed E-state index contributed by atoms with van der Waals surface area (Å²) in [6.45, 7) is 5.85. The molecule has 0 amide bonds. The Morgan fingerprint density at radius 2 is 1.35 bits per heavy atom. The van der Waals surface area contributed by atoms with Crippen LogP contribution in [0, 0.1) is 13.8 Å². The van der Waals surface area contributed by atoms with Crippen LogP contribution in [0.2, 0.25) is 0 Å². The zero-order chi connectivity index (χ0) is 14.8. The van der Waals surface area contributed by atoms with Crippen LogP contribution in [-0.2, 0) is 10.3 Å². The molecule has 2 nitrogen and oxygen atoms in total. The summed E-state index contributed by atoms with van der Waals surface area (Å²) < 4.78 is 5.56. The van der Waals surface area contributed by atoms with Crippen molar-refractivity contribution in [1.29, 1.82) is 0 Å². The molecule has 2 rings (SSSR count). The van der Waals surface area contributed by atoms with Crippen LogP contribution >= 0.6 is 0 Å². The zero-order valence-corrected chi connectivity index (χ0v) is 12.4. The Morgan fingerprint density at radius 1 is 0.900 bits per heavy atom. The van der Waals surface area contributed by atoms with Gasteiger partial charge in [0.15, 0.2) is 11.4 Å². The Kier molecular flexibility index (Phi) is 4.05. The first-order valence-corrected chi connectivity index (χ1v) is 6.71. The van der Waals surface area contributed by atoms with Crippen molar-refractivity contribution in [2.24, 2.45) is 0 Å². The number of carbonyl (C=O) groups excluding carboxylic acids is 1. The van der Waals surface area contributed by atoms with Crippen LogP contribution in [0.5, 0.6) is 0 Å². The second-order valence-corrected chi connectivity index (χ2v) is 5.30. The Hall–Kier alpha value is -1.93. The van der Waals surface area contributed by atoms with Gasteiger partial charge in [0.05, 0.1) is 0 Å². The summed E-state index contributed by atoms with van der Waals surface area (Å²) in [4.78, 5) is 12.8. The molecule has 1 unspecified atom stereocenters. The summed E-state index contributed by atoms with van der Waals surface area (Å²) in [7, 11) is 1.58. The van der Waals surface area contributed by atoms with E-state index in [1.807, 2.05) is 69.3 Å². The van der Waals surface area contributed by atoms with E-state index in [-0.39, 0.29) is 5.78 Å². The highest BCUT2D eigenvalue weighted by Crippen LogP contribution is 2.29. The highest BCUT2D eigenvalue weighted by atomic mass is 16.5. The average molecular weight is 268 g/mol. The molecule has 0 aliphatic heterocycles. The summed E-state index contributed by atoms with van der Waals surface area (Å²) in [6.07, 6.45) is 0. The maximum atomic E-state index is 12.8.